The molecule has 0 fully saturated rings. The van der Waals surface area contributed by atoms with Gasteiger partial charge in [0.15, 0.2) is 23.2 Å². The van der Waals surface area contributed by atoms with Gasteiger partial charge in [-0.3, -0.25) is 24.0 Å². The summed E-state index contributed by atoms with van der Waals surface area (Å²) < 4.78 is 58.6. The maximum absolute atomic E-state index is 13.7. The molecule has 4 N–H and O–H groups in total. The Labute approximate surface area is 227 Å². The summed E-state index contributed by atoms with van der Waals surface area (Å²) in [5.41, 5.74) is 0.325. The van der Waals surface area contributed by atoms with Crippen molar-refractivity contribution in [2.24, 2.45) is 0 Å². The van der Waals surface area contributed by atoms with E-state index in [1.165, 1.54) is 12.1 Å². The van der Waals surface area contributed by atoms with Crippen molar-refractivity contribution in [3.8, 4) is 5.75 Å². The average molecular weight is 596 g/mol. The van der Waals surface area contributed by atoms with Crippen LogP contribution in [0.5, 0.6) is 5.75 Å². The first kappa shape index (κ1) is 31.3. The van der Waals surface area contributed by atoms with Gasteiger partial charge in [0.05, 0.1) is 6.42 Å². The largest absolute Gasteiger partial charge is 0.481 e. The average Bonchev–Trinajstić information content (AvgIpc) is 2.86. The van der Waals surface area contributed by atoms with Crippen LogP contribution >= 0.6 is 23.2 Å². The van der Waals surface area contributed by atoms with Gasteiger partial charge in [-0.25, -0.2) is 8.78 Å². The summed E-state index contributed by atoms with van der Waals surface area (Å²) in [4.78, 5) is 60.2. The molecule has 3 amide bonds. The molecule has 0 aromatic heterocycles. The second kappa shape index (κ2) is 13.8. The summed E-state index contributed by atoms with van der Waals surface area (Å²) in [6, 6.07) is 1.15. The van der Waals surface area contributed by atoms with Gasteiger partial charge in [-0.1, -0.05) is 29.3 Å². The highest BCUT2D eigenvalue weighted by Gasteiger charge is 2.29. The molecule has 210 valence electrons. The lowest BCUT2D eigenvalue weighted by atomic mass is 10.1. The minimum absolute atomic E-state index is 0.0886. The van der Waals surface area contributed by atoms with Crippen molar-refractivity contribution in [3.63, 3.8) is 0 Å². The number of carbonyl (C=O) groups excluding carboxylic acids is 4. The predicted molar refractivity (Wildman–Crippen MR) is 127 cm³/mol. The van der Waals surface area contributed by atoms with Gasteiger partial charge in [-0.15, -0.1) is 0 Å². The summed E-state index contributed by atoms with van der Waals surface area (Å²) in [5.74, 6) is -15.5. The maximum Gasteiger partial charge on any atom is 0.309 e. The van der Waals surface area contributed by atoms with E-state index in [2.05, 4.69) is 10.1 Å². The second-order valence-corrected chi connectivity index (χ2v) is 8.60. The fraction of sp³-hybridized carbons (Fsp3) is 0.261. The predicted octanol–water partition coefficient (Wildman–Crippen LogP) is 2.28. The van der Waals surface area contributed by atoms with Crippen molar-refractivity contribution in [1.82, 2.24) is 16.0 Å². The van der Waals surface area contributed by atoms with E-state index >= 15 is 0 Å². The van der Waals surface area contributed by atoms with E-state index in [0.717, 1.165) is 6.92 Å². The first-order valence-electron chi connectivity index (χ1n) is 10.7. The number of aliphatic carboxylic acids is 1. The molecule has 0 bridgehead atoms. The van der Waals surface area contributed by atoms with Gasteiger partial charge in [-0.2, -0.15) is 8.78 Å². The van der Waals surface area contributed by atoms with Crippen LogP contribution in [-0.2, 0) is 30.5 Å². The fourth-order valence-electron chi connectivity index (χ4n) is 2.92. The van der Waals surface area contributed by atoms with Gasteiger partial charge in [0.2, 0.25) is 17.5 Å². The van der Waals surface area contributed by atoms with E-state index in [4.69, 9.17) is 28.3 Å². The zero-order valence-corrected chi connectivity index (χ0v) is 21.3. The minimum Gasteiger partial charge on any atom is -0.481 e. The number of ketones is 1. The molecule has 2 aromatic rings. The first-order valence-corrected chi connectivity index (χ1v) is 11.5. The van der Waals surface area contributed by atoms with Crippen LogP contribution < -0.4 is 20.7 Å². The molecular weight excluding hydrogens is 577 g/mol. The molecule has 0 saturated carbocycles. The van der Waals surface area contributed by atoms with Gasteiger partial charge in [0.25, 0.3) is 0 Å². The highest BCUT2D eigenvalue weighted by molar-refractivity contribution is 6.37. The van der Waals surface area contributed by atoms with Crippen LogP contribution in [0.1, 0.15) is 18.9 Å². The quantitative estimate of drug-likeness (QED) is 0.177. The number of benzene rings is 2. The SMILES string of the molecule is C[C@H](NC(=O)C(=O)NCc1c(Cl)cccc1Cl)C(=O)N[C@@H](CC(=O)O)C(=O)COc1c(F)c(F)cc(F)c1F. The van der Waals surface area contributed by atoms with Gasteiger partial charge in [-0.05, 0) is 19.1 Å². The fourth-order valence-corrected chi connectivity index (χ4v) is 3.45. The van der Waals surface area contributed by atoms with Gasteiger partial charge < -0.3 is 25.8 Å². The third-order valence-corrected chi connectivity index (χ3v) is 5.66. The van der Waals surface area contributed by atoms with E-state index in [-0.39, 0.29) is 22.7 Å². The normalized spacial score (nSPS) is 12.2. The van der Waals surface area contributed by atoms with Crippen LogP contribution in [0.15, 0.2) is 24.3 Å². The molecule has 0 aliphatic carbocycles. The van der Waals surface area contributed by atoms with E-state index in [0.29, 0.717) is 5.56 Å². The zero-order valence-electron chi connectivity index (χ0n) is 19.7. The monoisotopic (exact) mass is 595 g/mol. The van der Waals surface area contributed by atoms with Crippen LogP contribution in [0.3, 0.4) is 0 Å². The van der Waals surface area contributed by atoms with E-state index in [9.17, 15) is 41.5 Å². The molecule has 16 heteroatoms. The topological polar surface area (TPSA) is 151 Å². The third kappa shape index (κ3) is 8.55. The van der Waals surface area contributed by atoms with Crippen molar-refractivity contribution >= 4 is 52.7 Å². The zero-order chi connectivity index (χ0) is 29.4. The molecule has 0 unspecified atom stereocenters. The molecule has 2 aromatic carbocycles. The smallest absolute Gasteiger partial charge is 0.309 e. The van der Waals surface area contributed by atoms with Crippen LogP contribution in [0, 0.1) is 23.3 Å². The van der Waals surface area contributed by atoms with Gasteiger partial charge in [0.1, 0.15) is 18.7 Å². The van der Waals surface area contributed by atoms with E-state index in [1.54, 1.807) is 6.07 Å². The minimum atomic E-state index is -1.94. The number of carboxylic acid groups (broad SMARTS) is 1. The number of hydrogen-bond donors (Lipinski definition) is 4. The molecule has 0 aliphatic rings. The van der Waals surface area contributed by atoms with Crippen molar-refractivity contribution in [3.05, 3.63) is 63.1 Å². The first-order chi connectivity index (χ1) is 18.2. The van der Waals surface area contributed by atoms with Crippen molar-refractivity contribution in [2.45, 2.75) is 32.0 Å². The number of Topliss-reactive ketones (excluding diaryl/α,β-unsaturated/α-hetero) is 1. The molecule has 2 rings (SSSR count). The number of carboxylic acids is 1. The molecule has 10 nitrogen and oxygen atoms in total. The lowest BCUT2D eigenvalue weighted by molar-refractivity contribution is -0.142. The highest BCUT2D eigenvalue weighted by Crippen LogP contribution is 2.26. The standard InChI is InChI=1S/C23H19Cl2F4N3O7/c1-9(31-23(38)22(37)30-7-10-11(24)3-2-4-12(10)25)21(36)32-15(6-17(34)35)16(33)8-39-20-18(28)13(26)5-14(27)19(20)29/h2-5,9,15H,6-8H2,1H3,(H,30,37)(H,31,38)(H,32,36)(H,34,35)/t9-,15-/m0/s1. The Morgan fingerprint density at radius 1 is 0.949 bits per heavy atom. The third-order valence-electron chi connectivity index (χ3n) is 4.95. The maximum atomic E-state index is 13.7. The summed E-state index contributed by atoms with van der Waals surface area (Å²) >= 11 is 12.0. The lowest BCUT2D eigenvalue weighted by Gasteiger charge is -2.20. The van der Waals surface area contributed by atoms with Crippen molar-refractivity contribution in [1.29, 1.82) is 0 Å². The number of nitrogens with one attached hydrogen (secondary N) is 3. The van der Waals surface area contributed by atoms with Crippen LogP contribution in [0.25, 0.3) is 0 Å². The molecule has 0 aliphatic heterocycles. The molecule has 2 atom stereocenters. The van der Waals surface area contributed by atoms with Crippen LogP contribution in [-0.4, -0.2) is 53.3 Å². The number of ether oxygens (including phenoxy) is 1. The molecule has 0 radical (unpaired) electrons. The number of halogens is 6. The summed E-state index contributed by atoms with van der Waals surface area (Å²) in [7, 11) is 0. The van der Waals surface area contributed by atoms with E-state index < -0.39 is 83.6 Å². The number of carbonyl (C=O) groups is 5. The van der Waals surface area contributed by atoms with E-state index in [1.807, 2.05) is 10.6 Å². The van der Waals surface area contributed by atoms with Crippen molar-refractivity contribution in [2.75, 3.05) is 6.61 Å². The van der Waals surface area contributed by atoms with Crippen LogP contribution in [0.4, 0.5) is 17.6 Å². The molecule has 0 spiro atoms. The van der Waals surface area contributed by atoms with Gasteiger partial charge in [0, 0.05) is 28.2 Å². The summed E-state index contributed by atoms with van der Waals surface area (Å²) in [6.07, 6.45) is -1.03. The Hall–Kier alpha value is -3.91. The Balaban J connectivity index is 1.99. The Morgan fingerprint density at radius 3 is 2.05 bits per heavy atom. The molecule has 39 heavy (non-hydrogen) atoms. The van der Waals surface area contributed by atoms with Crippen molar-refractivity contribution < 1.29 is 51.4 Å². The van der Waals surface area contributed by atoms with Crippen LogP contribution in [0.2, 0.25) is 10.0 Å². The molecule has 0 saturated heterocycles. The summed E-state index contributed by atoms with van der Waals surface area (Å²) in [5, 5.41) is 15.7. The Bertz CT molecular complexity index is 1270. The Kier molecular flexibility index (Phi) is 11.0. The summed E-state index contributed by atoms with van der Waals surface area (Å²) in [6.45, 7) is -0.413. The number of hydrogen-bond acceptors (Lipinski definition) is 6. The lowest BCUT2D eigenvalue weighted by Crippen LogP contribution is -2.53. The second-order valence-electron chi connectivity index (χ2n) is 7.79. The number of rotatable bonds is 11. The van der Waals surface area contributed by atoms with Gasteiger partial charge >= 0.3 is 17.8 Å². The molecular formula is C23H19Cl2F4N3O7. The highest BCUT2D eigenvalue weighted by atomic mass is 35.5. The number of amides is 3. The Morgan fingerprint density at radius 2 is 1.51 bits per heavy atom. The molecule has 0 heterocycles.